The number of carbonyl (C=O) groups excluding carboxylic acids is 2. The topological polar surface area (TPSA) is 88.2 Å². The number of rotatable bonds is 5. The van der Waals surface area contributed by atoms with Gasteiger partial charge in [-0.25, -0.2) is 5.01 Å². The van der Waals surface area contributed by atoms with Crippen molar-refractivity contribution in [2.45, 2.75) is 19.4 Å². The van der Waals surface area contributed by atoms with Crippen molar-refractivity contribution in [3.05, 3.63) is 82.9 Å². The van der Waals surface area contributed by atoms with Gasteiger partial charge in [-0.15, -0.1) is 0 Å². The van der Waals surface area contributed by atoms with Crippen LogP contribution >= 0.6 is 0 Å². The van der Waals surface area contributed by atoms with Gasteiger partial charge in [0.05, 0.1) is 6.21 Å². The third kappa shape index (κ3) is 2.85. The van der Waals surface area contributed by atoms with E-state index in [1.54, 1.807) is 18.2 Å². The molecule has 7 nitrogen and oxygen atoms in total. The summed E-state index contributed by atoms with van der Waals surface area (Å²) in [5.41, 5.74) is 9.40. The summed E-state index contributed by atoms with van der Waals surface area (Å²) in [6.07, 6.45) is 1.67. The van der Waals surface area contributed by atoms with Crippen LogP contribution < -0.4 is 15.4 Å². The second-order valence-electron chi connectivity index (χ2n) is 7.98. The van der Waals surface area contributed by atoms with Gasteiger partial charge in [0.15, 0.2) is 6.29 Å². The van der Waals surface area contributed by atoms with Crippen molar-refractivity contribution >= 4 is 29.8 Å². The molecule has 5 rings (SSSR count). The molecule has 3 aromatic carbocycles. The van der Waals surface area contributed by atoms with Gasteiger partial charge in [-0.05, 0) is 32.0 Å². The van der Waals surface area contributed by atoms with Gasteiger partial charge in [0, 0.05) is 58.9 Å². The Kier molecular flexibility index (Phi) is 4.89. The molecule has 0 aromatic heterocycles. The first-order valence-electron chi connectivity index (χ1n) is 10.9. The van der Waals surface area contributed by atoms with E-state index >= 15 is 0 Å². The van der Waals surface area contributed by atoms with E-state index in [1.165, 1.54) is 5.01 Å². The molecule has 2 heterocycles. The molecular formula is C26H24N4O3. The minimum Gasteiger partial charge on any atom is -0.456 e. The number of aldehydes is 1. The van der Waals surface area contributed by atoms with Crippen LogP contribution in [0.2, 0.25) is 0 Å². The molecule has 2 aliphatic rings. The highest BCUT2D eigenvalue weighted by molar-refractivity contribution is 6.13. The van der Waals surface area contributed by atoms with Gasteiger partial charge in [0.2, 0.25) is 0 Å². The van der Waals surface area contributed by atoms with Crippen LogP contribution in [0, 0.1) is 0 Å². The van der Waals surface area contributed by atoms with Crippen molar-refractivity contribution < 1.29 is 14.3 Å². The summed E-state index contributed by atoms with van der Waals surface area (Å²) in [5.74, 6) is 0.885. The molecule has 1 unspecified atom stereocenters. The van der Waals surface area contributed by atoms with Gasteiger partial charge in [-0.2, -0.15) is 5.10 Å². The molecule has 0 radical (unpaired) electrons. The summed E-state index contributed by atoms with van der Waals surface area (Å²) >= 11 is 0. The van der Waals surface area contributed by atoms with Crippen LogP contribution in [0.1, 0.15) is 40.9 Å². The lowest BCUT2D eigenvalue weighted by Crippen LogP contribution is -2.44. The normalized spacial score (nSPS) is 18.1. The molecule has 2 N–H and O–H groups in total. The quantitative estimate of drug-likeness (QED) is 0.366. The first-order chi connectivity index (χ1) is 16.1. The molecular weight excluding hydrogens is 416 g/mol. The summed E-state index contributed by atoms with van der Waals surface area (Å²) in [4.78, 5) is 27.0. The largest absolute Gasteiger partial charge is 0.456 e. The van der Waals surface area contributed by atoms with Crippen molar-refractivity contribution in [3.63, 3.8) is 0 Å². The number of fused-ring (bicyclic) bond motifs is 6. The van der Waals surface area contributed by atoms with Gasteiger partial charge in [-0.3, -0.25) is 9.59 Å². The van der Waals surface area contributed by atoms with E-state index in [4.69, 9.17) is 10.5 Å². The van der Waals surface area contributed by atoms with E-state index in [1.807, 2.05) is 42.5 Å². The average Bonchev–Trinajstić information content (AvgIpc) is 3.07. The maximum Gasteiger partial charge on any atom is 0.275 e. The molecule has 2 aliphatic heterocycles. The predicted octanol–water partition coefficient (Wildman–Crippen LogP) is 4.15. The maximum absolute atomic E-state index is 13.6. The van der Waals surface area contributed by atoms with E-state index in [0.717, 1.165) is 41.7 Å². The third-order valence-corrected chi connectivity index (χ3v) is 6.40. The van der Waals surface area contributed by atoms with Gasteiger partial charge < -0.3 is 15.4 Å². The Morgan fingerprint density at radius 1 is 1.00 bits per heavy atom. The fraction of sp³-hybridized carbons (Fsp3) is 0.192. The van der Waals surface area contributed by atoms with Crippen molar-refractivity contribution in [2.75, 3.05) is 23.7 Å². The lowest BCUT2D eigenvalue weighted by molar-refractivity contribution is -0.102. The van der Waals surface area contributed by atoms with E-state index in [9.17, 15) is 9.59 Å². The highest BCUT2D eigenvalue weighted by Gasteiger charge is 2.57. The van der Waals surface area contributed by atoms with E-state index in [0.29, 0.717) is 29.0 Å². The molecule has 0 saturated heterocycles. The number of hydrazone groups is 1. The van der Waals surface area contributed by atoms with Crippen LogP contribution in [0.4, 0.5) is 11.4 Å². The molecule has 1 spiro atoms. The van der Waals surface area contributed by atoms with Gasteiger partial charge in [-0.1, -0.05) is 30.3 Å². The molecule has 0 bridgehead atoms. The Labute approximate surface area is 192 Å². The zero-order valence-electron chi connectivity index (χ0n) is 18.5. The number of anilines is 2. The van der Waals surface area contributed by atoms with Gasteiger partial charge >= 0.3 is 0 Å². The van der Waals surface area contributed by atoms with Crippen molar-refractivity contribution in [1.82, 2.24) is 5.01 Å². The maximum atomic E-state index is 13.6. The molecule has 166 valence electrons. The number of nitrogen functional groups attached to an aromatic ring is 1. The van der Waals surface area contributed by atoms with E-state index < -0.39 is 5.54 Å². The smallest absolute Gasteiger partial charge is 0.275 e. The lowest BCUT2D eigenvalue weighted by Gasteiger charge is -2.42. The highest BCUT2D eigenvalue weighted by atomic mass is 16.5. The summed E-state index contributed by atoms with van der Waals surface area (Å²) in [7, 11) is 0. The van der Waals surface area contributed by atoms with Gasteiger partial charge in [0.1, 0.15) is 17.0 Å². The third-order valence-electron chi connectivity index (χ3n) is 6.40. The monoisotopic (exact) mass is 440 g/mol. The molecule has 0 aliphatic carbocycles. The standard InChI is InChI=1S/C26H24N4O3/c1-3-29(4-2)18-10-12-22-24(16-18)33-23-15-17(27)9-11-21(23)26(22)20-8-6-5-7-19(20)25(32)30(26)28-13-14-31/h5-16H,3-4,27H2,1-2H3/b28-13+. The number of carbonyl (C=O) groups is 2. The molecule has 7 heteroatoms. The van der Waals surface area contributed by atoms with Crippen molar-refractivity contribution in [2.24, 2.45) is 5.10 Å². The minimum absolute atomic E-state index is 0.285. The fourth-order valence-electron chi connectivity index (χ4n) is 4.98. The molecule has 3 aromatic rings. The zero-order chi connectivity index (χ0) is 23.2. The first kappa shape index (κ1) is 20.8. The lowest BCUT2D eigenvalue weighted by atomic mass is 9.75. The Hall–Kier alpha value is -4.13. The number of hydrogen-bond donors (Lipinski definition) is 1. The predicted molar refractivity (Wildman–Crippen MR) is 128 cm³/mol. The van der Waals surface area contributed by atoms with E-state index in [2.05, 4.69) is 23.8 Å². The van der Waals surface area contributed by atoms with Crippen LogP contribution in [-0.2, 0) is 10.3 Å². The highest BCUT2D eigenvalue weighted by Crippen LogP contribution is 2.58. The Morgan fingerprint density at radius 2 is 1.70 bits per heavy atom. The first-order valence-corrected chi connectivity index (χ1v) is 10.9. The summed E-state index contributed by atoms with van der Waals surface area (Å²) in [6.45, 7) is 5.90. The molecule has 1 amide bonds. The fourth-order valence-corrected chi connectivity index (χ4v) is 4.98. The number of ether oxygens (including phenoxy) is 1. The minimum atomic E-state index is -1.09. The average molecular weight is 441 g/mol. The Balaban J connectivity index is 1.87. The number of hydrogen-bond acceptors (Lipinski definition) is 6. The van der Waals surface area contributed by atoms with Crippen molar-refractivity contribution in [1.29, 1.82) is 0 Å². The molecule has 1 atom stereocenters. The molecule has 33 heavy (non-hydrogen) atoms. The summed E-state index contributed by atoms with van der Waals surface area (Å²) in [6, 6.07) is 18.9. The van der Waals surface area contributed by atoms with Crippen LogP contribution in [-0.4, -0.2) is 36.5 Å². The Morgan fingerprint density at radius 3 is 2.42 bits per heavy atom. The summed E-state index contributed by atoms with van der Waals surface area (Å²) < 4.78 is 6.36. The molecule has 0 saturated carbocycles. The van der Waals surface area contributed by atoms with Crippen LogP contribution in [0.15, 0.2) is 65.8 Å². The second kappa shape index (κ2) is 7.78. The number of amides is 1. The number of nitrogens with zero attached hydrogens (tertiary/aromatic N) is 3. The zero-order valence-corrected chi connectivity index (χ0v) is 18.5. The second-order valence-corrected chi connectivity index (χ2v) is 7.98. The van der Waals surface area contributed by atoms with Crippen molar-refractivity contribution in [3.8, 4) is 11.5 Å². The van der Waals surface area contributed by atoms with Crippen LogP contribution in [0.3, 0.4) is 0 Å². The Bertz CT molecular complexity index is 1300. The van der Waals surface area contributed by atoms with E-state index in [-0.39, 0.29) is 5.91 Å². The molecule has 0 fully saturated rings. The number of nitrogens with two attached hydrogens (primary N) is 1. The summed E-state index contributed by atoms with van der Waals surface area (Å²) in [5, 5.41) is 5.71. The van der Waals surface area contributed by atoms with Crippen LogP contribution in [0.5, 0.6) is 11.5 Å². The SMILES string of the molecule is CCN(CC)c1ccc2c(c1)Oc1cc(N)ccc1C21c2ccccc2C(=O)N1/N=C/C=O. The van der Waals surface area contributed by atoms with Gasteiger partial charge in [0.25, 0.3) is 5.91 Å². The van der Waals surface area contributed by atoms with Crippen LogP contribution in [0.25, 0.3) is 0 Å². The number of benzene rings is 3.